The fourth-order valence-electron chi connectivity index (χ4n) is 4.24. The van der Waals surface area contributed by atoms with Gasteiger partial charge >= 0.3 is 14.0 Å². The van der Waals surface area contributed by atoms with E-state index in [0.717, 1.165) is 11.6 Å². The number of rotatable bonds is 15. The number of carbonyl (C=O) groups excluding carboxylic acids is 1. The number of aromatic hydroxyl groups is 1. The zero-order chi connectivity index (χ0) is 33.4. The third-order valence-electron chi connectivity index (χ3n) is 6.06. The van der Waals surface area contributed by atoms with E-state index in [2.05, 4.69) is 5.32 Å². The zero-order valence-electron chi connectivity index (χ0n) is 26.4. The van der Waals surface area contributed by atoms with Crippen LogP contribution in [-0.4, -0.2) is 52.7 Å². The molecule has 0 aliphatic heterocycles. The van der Waals surface area contributed by atoms with E-state index in [1.54, 1.807) is 53.7 Å². The largest absolute Gasteiger partial charge is 0.508 e. The SMILES string of the molecule is CC(=O)NC(CO)(CCc1ccc(OCCCc2ccc(O)cc2)c(C(F)(F)F)c1)COP(=O)(OC(C)(C)C)OC(C)(C)C. The van der Waals surface area contributed by atoms with E-state index in [4.69, 9.17) is 18.3 Å². The minimum atomic E-state index is -4.70. The maximum atomic E-state index is 14.0. The summed E-state index contributed by atoms with van der Waals surface area (Å²) in [7, 11) is -4.22. The molecule has 0 saturated carbocycles. The summed E-state index contributed by atoms with van der Waals surface area (Å²) in [5.74, 6) is -0.715. The van der Waals surface area contributed by atoms with Gasteiger partial charge in [-0.25, -0.2) is 4.57 Å². The Bertz CT molecular complexity index is 1250. The van der Waals surface area contributed by atoms with Gasteiger partial charge in [0.15, 0.2) is 0 Å². The fourth-order valence-corrected chi connectivity index (χ4v) is 6.13. The molecular formula is C31H45F3NO8P. The van der Waals surface area contributed by atoms with Crippen molar-refractivity contribution >= 4 is 13.7 Å². The van der Waals surface area contributed by atoms with Crippen LogP contribution in [0.4, 0.5) is 13.2 Å². The van der Waals surface area contributed by atoms with Gasteiger partial charge in [-0.05, 0) is 103 Å². The molecule has 0 saturated heterocycles. The molecule has 0 radical (unpaired) electrons. The van der Waals surface area contributed by atoms with Crippen molar-refractivity contribution in [2.75, 3.05) is 19.8 Å². The quantitative estimate of drug-likeness (QED) is 0.140. The molecule has 44 heavy (non-hydrogen) atoms. The summed E-state index contributed by atoms with van der Waals surface area (Å²) in [6.07, 6.45) is -3.74. The zero-order valence-corrected chi connectivity index (χ0v) is 27.3. The summed E-state index contributed by atoms with van der Waals surface area (Å²) in [5.41, 5.74) is -3.13. The molecule has 0 bridgehead atoms. The Labute approximate surface area is 257 Å². The Morgan fingerprint density at radius 3 is 1.98 bits per heavy atom. The van der Waals surface area contributed by atoms with Gasteiger partial charge in [-0.15, -0.1) is 0 Å². The van der Waals surface area contributed by atoms with Crippen molar-refractivity contribution in [3.05, 3.63) is 59.2 Å². The molecule has 0 fully saturated rings. The standard InChI is InChI=1S/C31H45F3NO8P/c1-22(37)35-30(20-36,21-41-44(39,42-28(2,3)4)43-29(5,6)7)17-16-24-12-15-27(26(19-24)31(32,33)34)40-18-8-9-23-10-13-25(38)14-11-23/h10-15,19,36,38H,8-9,16-18,20-21H2,1-7H3,(H,35,37). The van der Waals surface area contributed by atoms with Gasteiger partial charge < -0.3 is 20.3 Å². The molecule has 0 spiro atoms. The van der Waals surface area contributed by atoms with Crippen LogP contribution in [-0.2, 0) is 41.9 Å². The normalized spacial score (nSPS) is 14.2. The molecule has 0 aliphatic rings. The third-order valence-corrected chi connectivity index (χ3v) is 8.05. The molecule has 2 rings (SSSR count). The van der Waals surface area contributed by atoms with Crippen LogP contribution in [0.2, 0.25) is 0 Å². The fraction of sp³-hybridized carbons (Fsp3) is 0.581. The molecule has 13 heteroatoms. The molecule has 1 amide bonds. The van der Waals surface area contributed by atoms with Gasteiger partial charge in [-0.3, -0.25) is 18.4 Å². The highest BCUT2D eigenvalue weighted by Crippen LogP contribution is 2.55. The number of aryl methyl sites for hydroxylation is 2. The van der Waals surface area contributed by atoms with Crippen molar-refractivity contribution < 1.29 is 51.1 Å². The second-order valence-corrected chi connectivity index (χ2v) is 14.2. The summed E-state index contributed by atoms with van der Waals surface area (Å²) >= 11 is 0. The number of phenols is 1. The molecule has 0 aliphatic carbocycles. The van der Waals surface area contributed by atoms with Crippen molar-refractivity contribution in [1.29, 1.82) is 0 Å². The second-order valence-electron chi connectivity index (χ2n) is 12.7. The van der Waals surface area contributed by atoms with Gasteiger partial charge in [-0.2, -0.15) is 13.2 Å². The maximum absolute atomic E-state index is 14.0. The van der Waals surface area contributed by atoms with Crippen molar-refractivity contribution in [2.45, 2.75) is 97.1 Å². The van der Waals surface area contributed by atoms with Crippen LogP contribution in [0, 0.1) is 0 Å². The van der Waals surface area contributed by atoms with E-state index in [-0.39, 0.29) is 36.5 Å². The van der Waals surface area contributed by atoms with Crippen LogP contribution >= 0.6 is 7.82 Å². The Morgan fingerprint density at radius 2 is 1.48 bits per heavy atom. The van der Waals surface area contributed by atoms with Gasteiger partial charge in [0.1, 0.15) is 11.5 Å². The van der Waals surface area contributed by atoms with Crippen molar-refractivity contribution in [3.8, 4) is 11.5 Å². The molecular weight excluding hydrogens is 602 g/mol. The van der Waals surface area contributed by atoms with Gasteiger partial charge in [0.2, 0.25) is 5.91 Å². The first-order valence-electron chi connectivity index (χ1n) is 14.3. The number of carbonyl (C=O) groups is 1. The van der Waals surface area contributed by atoms with Crippen LogP contribution in [0.5, 0.6) is 11.5 Å². The number of alkyl halides is 3. The number of hydrogen-bond acceptors (Lipinski definition) is 8. The highest BCUT2D eigenvalue weighted by atomic mass is 31.2. The molecule has 9 nitrogen and oxygen atoms in total. The molecule has 2 aromatic carbocycles. The molecule has 0 aromatic heterocycles. The number of aliphatic hydroxyl groups excluding tert-OH is 1. The number of phosphoric ester groups is 1. The minimum Gasteiger partial charge on any atom is -0.508 e. The highest BCUT2D eigenvalue weighted by Gasteiger charge is 2.41. The third kappa shape index (κ3) is 13.2. The number of aliphatic hydroxyl groups is 1. The first kappa shape index (κ1) is 37.6. The lowest BCUT2D eigenvalue weighted by atomic mass is 9.92. The van der Waals surface area contributed by atoms with Gasteiger partial charge in [0, 0.05) is 6.92 Å². The van der Waals surface area contributed by atoms with E-state index in [0.29, 0.717) is 12.8 Å². The molecule has 248 valence electrons. The number of amides is 1. The predicted octanol–water partition coefficient (Wildman–Crippen LogP) is 6.98. The number of hydrogen-bond donors (Lipinski definition) is 3. The molecule has 1 atom stereocenters. The van der Waals surface area contributed by atoms with Gasteiger partial charge in [-0.1, -0.05) is 18.2 Å². The summed E-state index contributed by atoms with van der Waals surface area (Å²) in [6.45, 7) is 10.0. The van der Waals surface area contributed by atoms with Gasteiger partial charge in [0.25, 0.3) is 0 Å². The smallest absolute Gasteiger partial charge is 0.475 e. The Kier molecular flexibility index (Phi) is 12.9. The van der Waals surface area contributed by atoms with Crippen molar-refractivity contribution in [2.24, 2.45) is 0 Å². The monoisotopic (exact) mass is 647 g/mol. The number of phosphoric acid groups is 1. The lowest BCUT2D eigenvalue weighted by Crippen LogP contribution is -2.54. The van der Waals surface area contributed by atoms with E-state index < -0.39 is 55.4 Å². The number of halogens is 3. The lowest BCUT2D eigenvalue weighted by molar-refractivity contribution is -0.139. The van der Waals surface area contributed by atoms with Crippen LogP contribution < -0.4 is 10.1 Å². The highest BCUT2D eigenvalue weighted by molar-refractivity contribution is 7.48. The average Bonchev–Trinajstić information content (AvgIpc) is 2.86. The first-order chi connectivity index (χ1) is 20.1. The van der Waals surface area contributed by atoms with E-state index in [1.165, 1.54) is 31.2 Å². The number of ether oxygens (including phenoxy) is 1. The van der Waals surface area contributed by atoms with Crippen LogP contribution in [0.15, 0.2) is 42.5 Å². The van der Waals surface area contributed by atoms with Crippen molar-refractivity contribution in [3.63, 3.8) is 0 Å². The summed E-state index contributed by atoms with van der Waals surface area (Å²) in [6, 6.07) is 10.3. The van der Waals surface area contributed by atoms with Gasteiger partial charge in [0.05, 0.1) is 42.1 Å². The van der Waals surface area contributed by atoms with Crippen LogP contribution in [0.25, 0.3) is 0 Å². The maximum Gasteiger partial charge on any atom is 0.475 e. The molecule has 2 aromatic rings. The second kappa shape index (κ2) is 15.1. The summed E-state index contributed by atoms with van der Waals surface area (Å²) < 4.78 is 77.9. The average molecular weight is 648 g/mol. The number of nitrogens with one attached hydrogen (secondary N) is 1. The minimum absolute atomic E-state index is 0.00102. The lowest BCUT2D eigenvalue weighted by Gasteiger charge is -2.36. The topological polar surface area (TPSA) is 124 Å². The van der Waals surface area contributed by atoms with Crippen LogP contribution in [0.3, 0.4) is 0 Å². The predicted molar refractivity (Wildman–Crippen MR) is 161 cm³/mol. The number of benzene rings is 2. The summed E-state index contributed by atoms with van der Waals surface area (Å²) in [4.78, 5) is 12.1. The van der Waals surface area contributed by atoms with E-state index in [1.807, 2.05) is 0 Å². The van der Waals surface area contributed by atoms with Crippen molar-refractivity contribution in [1.82, 2.24) is 5.32 Å². The first-order valence-corrected chi connectivity index (χ1v) is 15.8. The van der Waals surface area contributed by atoms with E-state index >= 15 is 0 Å². The summed E-state index contributed by atoms with van der Waals surface area (Å²) in [5, 5.41) is 22.3. The van der Waals surface area contributed by atoms with E-state index in [9.17, 15) is 32.7 Å². The Balaban J connectivity index is 2.21. The van der Waals surface area contributed by atoms with Crippen LogP contribution in [0.1, 0.15) is 78.0 Å². The number of phenolic OH excluding ortho intramolecular Hbond substituents is 1. The molecule has 3 N–H and O–H groups in total. The Morgan fingerprint density at radius 1 is 0.909 bits per heavy atom. The molecule has 0 heterocycles. The Hall–Kier alpha value is -2.63. The molecule has 1 unspecified atom stereocenters.